The SMILES string of the molecule is CCCCC[N]C(=O)C1CCCCC1. The van der Waals surface area contributed by atoms with Crippen molar-refractivity contribution in [2.75, 3.05) is 6.54 Å². The molecule has 81 valence electrons. The Morgan fingerprint density at radius 2 is 1.93 bits per heavy atom. The quantitative estimate of drug-likeness (QED) is 0.622. The van der Waals surface area contributed by atoms with Crippen LogP contribution in [0.3, 0.4) is 0 Å². The van der Waals surface area contributed by atoms with E-state index in [0.29, 0.717) is 0 Å². The molecule has 1 fully saturated rings. The standard InChI is InChI=1S/C12H22NO/c1-2-3-7-10-13-12(14)11-8-5-4-6-9-11/h11H,2-10H2,1H3. The topological polar surface area (TPSA) is 31.2 Å². The minimum Gasteiger partial charge on any atom is -0.273 e. The zero-order valence-corrected chi connectivity index (χ0v) is 9.30. The first-order valence-corrected chi connectivity index (χ1v) is 6.06. The van der Waals surface area contributed by atoms with Crippen LogP contribution in [0.2, 0.25) is 0 Å². The first-order chi connectivity index (χ1) is 6.84. The van der Waals surface area contributed by atoms with Crippen molar-refractivity contribution < 1.29 is 4.79 Å². The fourth-order valence-electron chi connectivity index (χ4n) is 2.03. The molecular formula is C12H22NO. The van der Waals surface area contributed by atoms with E-state index >= 15 is 0 Å². The minimum atomic E-state index is 0.181. The van der Waals surface area contributed by atoms with E-state index < -0.39 is 0 Å². The first kappa shape index (κ1) is 11.5. The van der Waals surface area contributed by atoms with Gasteiger partial charge in [-0.3, -0.25) is 10.1 Å². The summed E-state index contributed by atoms with van der Waals surface area (Å²) < 4.78 is 0. The second-order valence-electron chi connectivity index (χ2n) is 4.26. The Labute approximate surface area is 87.5 Å². The lowest BCUT2D eigenvalue weighted by atomic mass is 9.89. The maximum absolute atomic E-state index is 11.6. The Morgan fingerprint density at radius 1 is 1.21 bits per heavy atom. The van der Waals surface area contributed by atoms with Gasteiger partial charge in [-0.2, -0.15) is 0 Å². The van der Waals surface area contributed by atoms with Crippen LogP contribution < -0.4 is 5.32 Å². The van der Waals surface area contributed by atoms with Gasteiger partial charge in [0, 0.05) is 12.5 Å². The van der Waals surface area contributed by atoms with Gasteiger partial charge in [0.25, 0.3) is 0 Å². The van der Waals surface area contributed by atoms with E-state index in [1.165, 1.54) is 32.1 Å². The lowest BCUT2D eigenvalue weighted by Crippen LogP contribution is -2.27. The highest BCUT2D eigenvalue weighted by atomic mass is 16.1. The fraction of sp³-hybridized carbons (Fsp3) is 0.917. The van der Waals surface area contributed by atoms with Crippen molar-refractivity contribution in [2.45, 2.75) is 58.3 Å². The van der Waals surface area contributed by atoms with Crippen LogP contribution in [-0.2, 0) is 4.79 Å². The molecule has 1 aliphatic rings. The van der Waals surface area contributed by atoms with E-state index in [0.717, 1.165) is 25.8 Å². The van der Waals surface area contributed by atoms with Crippen molar-refractivity contribution in [1.82, 2.24) is 5.32 Å². The molecule has 2 nitrogen and oxygen atoms in total. The number of nitrogens with zero attached hydrogens (tertiary/aromatic N) is 1. The van der Waals surface area contributed by atoms with Crippen molar-refractivity contribution in [1.29, 1.82) is 0 Å². The van der Waals surface area contributed by atoms with E-state index in [4.69, 9.17) is 0 Å². The van der Waals surface area contributed by atoms with Crippen LogP contribution in [0.4, 0.5) is 0 Å². The molecule has 0 saturated heterocycles. The van der Waals surface area contributed by atoms with Crippen molar-refractivity contribution in [3.05, 3.63) is 0 Å². The summed E-state index contributed by atoms with van der Waals surface area (Å²) in [6.45, 7) is 2.92. The average Bonchev–Trinajstić information content (AvgIpc) is 2.25. The Bertz CT molecular complexity index is 162. The first-order valence-electron chi connectivity index (χ1n) is 6.06. The summed E-state index contributed by atoms with van der Waals surface area (Å²) >= 11 is 0. The maximum Gasteiger partial charge on any atom is 0.244 e. The molecule has 0 unspecified atom stereocenters. The summed E-state index contributed by atoms with van der Waals surface area (Å²) in [5, 5.41) is 4.15. The number of carbonyl (C=O) groups is 1. The summed E-state index contributed by atoms with van der Waals surface area (Å²) in [5.41, 5.74) is 0. The van der Waals surface area contributed by atoms with Crippen molar-refractivity contribution >= 4 is 5.91 Å². The molecule has 0 spiro atoms. The molecule has 0 atom stereocenters. The van der Waals surface area contributed by atoms with Crippen LogP contribution >= 0.6 is 0 Å². The van der Waals surface area contributed by atoms with E-state index in [1.807, 2.05) is 0 Å². The molecular weight excluding hydrogens is 174 g/mol. The molecule has 0 aliphatic heterocycles. The molecule has 0 aromatic carbocycles. The number of unbranched alkanes of at least 4 members (excludes halogenated alkanes) is 2. The number of carbonyl (C=O) groups excluding carboxylic acids is 1. The average molecular weight is 196 g/mol. The van der Waals surface area contributed by atoms with Gasteiger partial charge < -0.3 is 0 Å². The Morgan fingerprint density at radius 3 is 2.57 bits per heavy atom. The Hall–Kier alpha value is -0.530. The smallest absolute Gasteiger partial charge is 0.244 e. The van der Waals surface area contributed by atoms with E-state index in [1.54, 1.807) is 0 Å². The molecule has 1 rings (SSSR count). The van der Waals surface area contributed by atoms with Crippen LogP contribution in [0, 0.1) is 5.92 Å². The summed E-state index contributed by atoms with van der Waals surface area (Å²) in [4.78, 5) is 11.6. The predicted octanol–water partition coefficient (Wildman–Crippen LogP) is 2.89. The molecule has 0 heterocycles. The third-order valence-corrected chi connectivity index (χ3v) is 2.98. The van der Waals surface area contributed by atoms with Gasteiger partial charge in [-0.1, -0.05) is 39.0 Å². The van der Waals surface area contributed by atoms with E-state index in [2.05, 4.69) is 12.2 Å². The third kappa shape index (κ3) is 4.12. The van der Waals surface area contributed by atoms with Crippen LogP contribution in [0.1, 0.15) is 58.3 Å². The summed E-state index contributed by atoms with van der Waals surface area (Å²) in [6.07, 6.45) is 9.39. The van der Waals surface area contributed by atoms with E-state index in [-0.39, 0.29) is 11.8 Å². The molecule has 14 heavy (non-hydrogen) atoms. The highest BCUT2D eigenvalue weighted by Gasteiger charge is 2.21. The van der Waals surface area contributed by atoms with Crippen LogP contribution in [0.5, 0.6) is 0 Å². The lowest BCUT2D eigenvalue weighted by Gasteiger charge is -2.19. The number of hydrogen-bond donors (Lipinski definition) is 0. The lowest BCUT2D eigenvalue weighted by molar-refractivity contribution is -0.126. The highest BCUT2D eigenvalue weighted by Crippen LogP contribution is 2.23. The van der Waals surface area contributed by atoms with Crippen LogP contribution in [0.15, 0.2) is 0 Å². The third-order valence-electron chi connectivity index (χ3n) is 2.98. The van der Waals surface area contributed by atoms with Gasteiger partial charge in [0.15, 0.2) is 0 Å². The predicted molar refractivity (Wildman–Crippen MR) is 58.1 cm³/mol. The zero-order chi connectivity index (χ0) is 10.2. The van der Waals surface area contributed by atoms with Gasteiger partial charge in [-0.25, -0.2) is 0 Å². The molecule has 1 radical (unpaired) electrons. The van der Waals surface area contributed by atoms with Gasteiger partial charge in [-0.05, 0) is 19.3 Å². The monoisotopic (exact) mass is 196 g/mol. The van der Waals surface area contributed by atoms with Gasteiger partial charge in [0.2, 0.25) is 5.91 Å². The zero-order valence-electron chi connectivity index (χ0n) is 9.30. The maximum atomic E-state index is 11.6. The van der Waals surface area contributed by atoms with Gasteiger partial charge in [0.1, 0.15) is 0 Å². The van der Waals surface area contributed by atoms with Crippen molar-refractivity contribution in [3.8, 4) is 0 Å². The second kappa shape index (κ2) is 6.86. The fourth-order valence-corrected chi connectivity index (χ4v) is 2.03. The molecule has 0 aromatic rings. The largest absolute Gasteiger partial charge is 0.273 e. The highest BCUT2D eigenvalue weighted by molar-refractivity contribution is 5.78. The molecule has 1 saturated carbocycles. The molecule has 1 aliphatic carbocycles. The Kier molecular flexibility index (Phi) is 5.65. The van der Waals surface area contributed by atoms with Crippen molar-refractivity contribution in [2.24, 2.45) is 5.92 Å². The van der Waals surface area contributed by atoms with Gasteiger partial charge in [0.05, 0.1) is 0 Å². The normalized spacial score (nSPS) is 18.1. The number of amides is 1. The molecule has 0 N–H and O–H groups in total. The molecule has 1 amide bonds. The summed E-state index contributed by atoms with van der Waals surface area (Å²) in [6, 6.07) is 0. The minimum absolute atomic E-state index is 0.181. The van der Waals surface area contributed by atoms with Gasteiger partial charge in [-0.15, -0.1) is 0 Å². The number of rotatable bonds is 5. The second-order valence-corrected chi connectivity index (χ2v) is 4.26. The van der Waals surface area contributed by atoms with Crippen LogP contribution in [-0.4, -0.2) is 12.5 Å². The van der Waals surface area contributed by atoms with E-state index in [9.17, 15) is 4.79 Å². The molecule has 0 bridgehead atoms. The van der Waals surface area contributed by atoms with Crippen molar-refractivity contribution in [3.63, 3.8) is 0 Å². The molecule has 2 heteroatoms. The molecule has 0 aromatic heterocycles. The summed E-state index contributed by atoms with van der Waals surface area (Å²) in [7, 11) is 0. The summed E-state index contributed by atoms with van der Waals surface area (Å²) in [5.74, 6) is 0.450. The van der Waals surface area contributed by atoms with Crippen LogP contribution in [0.25, 0.3) is 0 Å². The number of hydrogen-bond acceptors (Lipinski definition) is 1. The Balaban J connectivity index is 2.07. The van der Waals surface area contributed by atoms with Gasteiger partial charge >= 0.3 is 0 Å².